The van der Waals surface area contributed by atoms with Crippen LogP contribution >= 0.6 is 0 Å². The summed E-state index contributed by atoms with van der Waals surface area (Å²) < 4.78 is 10.7. The lowest BCUT2D eigenvalue weighted by Crippen LogP contribution is -2.49. The Morgan fingerprint density at radius 2 is 1.73 bits per heavy atom. The number of nitrogens with zero attached hydrogens (tertiary/aromatic N) is 1. The van der Waals surface area contributed by atoms with Gasteiger partial charge in [-0.2, -0.15) is 0 Å². The molecule has 7 nitrogen and oxygen atoms in total. The van der Waals surface area contributed by atoms with Crippen molar-refractivity contribution in [2.45, 2.75) is 77.9 Å². The number of likely N-dealkylation sites (tertiary alicyclic amines) is 1. The first-order chi connectivity index (χ1) is 14.3. The average molecular weight is 419 g/mol. The van der Waals surface area contributed by atoms with Gasteiger partial charge in [0, 0.05) is 18.1 Å². The zero-order valence-corrected chi connectivity index (χ0v) is 18.5. The van der Waals surface area contributed by atoms with Crippen LogP contribution in [-0.2, 0) is 14.3 Å². The Morgan fingerprint density at radius 1 is 1.10 bits per heavy atom. The van der Waals surface area contributed by atoms with Gasteiger partial charge in [-0.1, -0.05) is 13.3 Å². The minimum atomic E-state index is -0.577. The Hall–Kier alpha value is -2.57. The van der Waals surface area contributed by atoms with Crippen LogP contribution in [0.25, 0.3) is 0 Å². The van der Waals surface area contributed by atoms with Crippen molar-refractivity contribution >= 4 is 17.8 Å². The van der Waals surface area contributed by atoms with E-state index in [0.717, 1.165) is 32.1 Å². The van der Waals surface area contributed by atoms with Crippen molar-refractivity contribution in [2.24, 2.45) is 0 Å². The standard InChI is InChI=1S/C23H34N2O5/c1-5-7-16(2)24-21(26)14-30-23(28)19-10-12-20(13-11-19)29-15-22(27)25-17(3)8-6-9-18(25)4/h10-13,16-18H,5-9,14-15H2,1-4H3,(H,24,26). The van der Waals surface area contributed by atoms with Gasteiger partial charge in [-0.05, 0) is 70.7 Å². The molecule has 0 saturated carbocycles. The Labute approximate surface area is 179 Å². The highest BCUT2D eigenvalue weighted by molar-refractivity contribution is 5.91. The van der Waals surface area contributed by atoms with E-state index < -0.39 is 5.97 Å². The summed E-state index contributed by atoms with van der Waals surface area (Å²) in [6.07, 6.45) is 5.02. The minimum Gasteiger partial charge on any atom is -0.484 e. The number of esters is 1. The molecule has 2 rings (SSSR count). The van der Waals surface area contributed by atoms with E-state index in [2.05, 4.69) is 19.2 Å². The highest BCUT2D eigenvalue weighted by atomic mass is 16.5. The summed E-state index contributed by atoms with van der Waals surface area (Å²) in [5, 5.41) is 2.79. The summed E-state index contributed by atoms with van der Waals surface area (Å²) in [6, 6.07) is 6.87. The van der Waals surface area contributed by atoms with E-state index in [9.17, 15) is 14.4 Å². The normalized spacial score (nSPS) is 19.7. The van der Waals surface area contributed by atoms with Crippen LogP contribution in [0.5, 0.6) is 5.75 Å². The lowest BCUT2D eigenvalue weighted by molar-refractivity contribution is -0.139. The summed E-state index contributed by atoms with van der Waals surface area (Å²) >= 11 is 0. The van der Waals surface area contributed by atoms with Crippen molar-refractivity contribution in [2.75, 3.05) is 13.2 Å². The molecule has 0 bridgehead atoms. The molecule has 0 spiro atoms. The predicted molar refractivity (Wildman–Crippen MR) is 114 cm³/mol. The molecule has 166 valence electrons. The zero-order chi connectivity index (χ0) is 22.1. The number of hydrogen-bond donors (Lipinski definition) is 1. The fraction of sp³-hybridized carbons (Fsp3) is 0.609. The maximum Gasteiger partial charge on any atom is 0.338 e. The third-order valence-corrected chi connectivity index (χ3v) is 5.40. The molecule has 7 heteroatoms. The minimum absolute atomic E-state index is 0.0264. The second-order valence-electron chi connectivity index (χ2n) is 8.08. The number of piperidine rings is 1. The number of ether oxygens (including phenoxy) is 2. The molecule has 3 atom stereocenters. The molecule has 0 aromatic heterocycles. The SMILES string of the molecule is CCCC(C)NC(=O)COC(=O)c1ccc(OCC(=O)N2C(C)CCCC2C)cc1. The molecular formula is C23H34N2O5. The summed E-state index contributed by atoms with van der Waals surface area (Å²) in [6.45, 7) is 7.75. The number of rotatable bonds is 9. The van der Waals surface area contributed by atoms with Crippen LogP contribution in [0.15, 0.2) is 24.3 Å². The van der Waals surface area contributed by atoms with E-state index in [1.807, 2.05) is 18.7 Å². The van der Waals surface area contributed by atoms with E-state index in [0.29, 0.717) is 11.3 Å². The quantitative estimate of drug-likeness (QED) is 0.622. The summed E-state index contributed by atoms with van der Waals surface area (Å²) in [5.74, 6) is -0.416. The van der Waals surface area contributed by atoms with Crippen molar-refractivity contribution < 1.29 is 23.9 Å². The number of carbonyl (C=O) groups excluding carboxylic acids is 3. The van der Waals surface area contributed by atoms with Crippen LogP contribution in [-0.4, -0.2) is 54.0 Å². The molecule has 2 amide bonds. The molecule has 1 saturated heterocycles. The van der Waals surface area contributed by atoms with Crippen molar-refractivity contribution in [3.63, 3.8) is 0 Å². The van der Waals surface area contributed by atoms with Gasteiger partial charge in [0.15, 0.2) is 13.2 Å². The molecule has 1 aromatic rings. The van der Waals surface area contributed by atoms with Crippen LogP contribution < -0.4 is 10.1 Å². The molecule has 1 aromatic carbocycles. The van der Waals surface area contributed by atoms with Gasteiger partial charge < -0.3 is 19.7 Å². The van der Waals surface area contributed by atoms with Crippen molar-refractivity contribution in [1.29, 1.82) is 0 Å². The molecule has 1 aliphatic rings. The third kappa shape index (κ3) is 7.04. The lowest BCUT2D eigenvalue weighted by Gasteiger charge is -2.38. The second-order valence-corrected chi connectivity index (χ2v) is 8.08. The van der Waals surface area contributed by atoms with Crippen LogP contribution in [0.1, 0.15) is 70.2 Å². The van der Waals surface area contributed by atoms with Gasteiger partial charge in [-0.25, -0.2) is 4.79 Å². The topological polar surface area (TPSA) is 84.9 Å². The number of benzene rings is 1. The third-order valence-electron chi connectivity index (χ3n) is 5.40. The molecule has 1 aliphatic heterocycles. The molecule has 1 fully saturated rings. The van der Waals surface area contributed by atoms with E-state index in [1.165, 1.54) is 0 Å². The van der Waals surface area contributed by atoms with Crippen molar-refractivity contribution in [1.82, 2.24) is 10.2 Å². The molecule has 3 unspecified atom stereocenters. The van der Waals surface area contributed by atoms with Gasteiger partial charge in [0.05, 0.1) is 5.56 Å². The summed E-state index contributed by atoms with van der Waals surface area (Å²) in [4.78, 5) is 38.3. The largest absolute Gasteiger partial charge is 0.484 e. The molecule has 0 aliphatic carbocycles. The summed E-state index contributed by atoms with van der Waals surface area (Å²) in [5.41, 5.74) is 0.321. The highest BCUT2D eigenvalue weighted by Crippen LogP contribution is 2.23. The molecule has 1 heterocycles. The molecular weight excluding hydrogens is 384 g/mol. The first-order valence-corrected chi connectivity index (χ1v) is 10.8. The van der Waals surface area contributed by atoms with Crippen molar-refractivity contribution in [3.05, 3.63) is 29.8 Å². The van der Waals surface area contributed by atoms with Crippen LogP contribution in [0.4, 0.5) is 0 Å². The van der Waals surface area contributed by atoms with Gasteiger partial charge in [0.1, 0.15) is 5.75 Å². The maximum absolute atomic E-state index is 12.5. The van der Waals surface area contributed by atoms with Gasteiger partial charge in [0.25, 0.3) is 11.8 Å². The fourth-order valence-corrected chi connectivity index (χ4v) is 3.86. The Bertz CT molecular complexity index is 709. The molecule has 30 heavy (non-hydrogen) atoms. The number of amides is 2. The summed E-state index contributed by atoms with van der Waals surface area (Å²) in [7, 11) is 0. The van der Waals surface area contributed by atoms with Crippen molar-refractivity contribution in [3.8, 4) is 5.75 Å². The fourth-order valence-electron chi connectivity index (χ4n) is 3.86. The predicted octanol–water partition coefficient (Wildman–Crippen LogP) is 3.32. The maximum atomic E-state index is 12.5. The molecule has 1 N–H and O–H groups in total. The Balaban J connectivity index is 1.79. The van der Waals surface area contributed by atoms with Crippen LogP contribution in [0.3, 0.4) is 0 Å². The van der Waals surface area contributed by atoms with E-state index in [-0.39, 0.29) is 43.2 Å². The first-order valence-electron chi connectivity index (χ1n) is 10.8. The first kappa shape index (κ1) is 23.7. The monoisotopic (exact) mass is 418 g/mol. The Morgan fingerprint density at radius 3 is 2.33 bits per heavy atom. The smallest absolute Gasteiger partial charge is 0.338 e. The number of hydrogen-bond acceptors (Lipinski definition) is 5. The van der Waals surface area contributed by atoms with Gasteiger partial charge in [-0.15, -0.1) is 0 Å². The average Bonchev–Trinajstić information content (AvgIpc) is 2.71. The lowest BCUT2D eigenvalue weighted by atomic mass is 9.97. The number of nitrogens with one attached hydrogen (secondary N) is 1. The van der Waals surface area contributed by atoms with E-state index in [1.54, 1.807) is 24.3 Å². The Kier molecular flexibility index (Phi) is 9.15. The van der Waals surface area contributed by atoms with Gasteiger partial charge >= 0.3 is 5.97 Å². The zero-order valence-electron chi connectivity index (χ0n) is 18.5. The number of carbonyl (C=O) groups is 3. The van der Waals surface area contributed by atoms with Crippen LogP contribution in [0.2, 0.25) is 0 Å². The highest BCUT2D eigenvalue weighted by Gasteiger charge is 2.29. The molecule has 0 radical (unpaired) electrons. The van der Waals surface area contributed by atoms with Gasteiger partial charge in [-0.3, -0.25) is 9.59 Å². The second kappa shape index (κ2) is 11.6. The van der Waals surface area contributed by atoms with E-state index >= 15 is 0 Å². The van der Waals surface area contributed by atoms with Gasteiger partial charge in [0.2, 0.25) is 0 Å². The van der Waals surface area contributed by atoms with E-state index in [4.69, 9.17) is 9.47 Å². The van der Waals surface area contributed by atoms with Crippen LogP contribution in [0, 0.1) is 0 Å².